The van der Waals surface area contributed by atoms with Crippen LogP contribution in [0.3, 0.4) is 0 Å². The minimum absolute atomic E-state index is 0.113. The lowest BCUT2D eigenvalue weighted by atomic mass is 10.0. The Morgan fingerprint density at radius 3 is 2.57 bits per heavy atom. The van der Waals surface area contributed by atoms with Gasteiger partial charge in [-0.15, -0.1) is 0 Å². The Labute approximate surface area is 177 Å². The third-order valence-corrected chi connectivity index (χ3v) is 9.55. The van der Waals surface area contributed by atoms with Crippen LogP contribution in [0, 0.1) is 0 Å². The van der Waals surface area contributed by atoms with E-state index in [2.05, 4.69) is 5.16 Å². The monoisotopic (exact) mass is 441 g/mol. The average molecular weight is 442 g/mol. The van der Waals surface area contributed by atoms with Crippen LogP contribution in [0.2, 0.25) is 0 Å². The van der Waals surface area contributed by atoms with Gasteiger partial charge < -0.3 is 18.7 Å². The highest BCUT2D eigenvalue weighted by Gasteiger charge is 2.51. The molecule has 1 aliphatic carbocycles. The summed E-state index contributed by atoms with van der Waals surface area (Å²) < 4.78 is 47.2. The summed E-state index contributed by atoms with van der Waals surface area (Å²) in [6.07, 6.45) is 5.16. The van der Waals surface area contributed by atoms with Gasteiger partial charge in [0.25, 0.3) is 0 Å². The number of carbonyl (C=O) groups excluding carboxylic acids is 1. The van der Waals surface area contributed by atoms with Gasteiger partial charge in [0.15, 0.2) is 21.9 Å². The van der Waals surface area contributed by atoms with Gasteiger partial charge >= 0.3 is 0 Å². The zero-order valence-electron chi connectivity index (χ0n) is 17.7. The van der Waals surface area contributed by atoms with E-state index in [0.717, 1.165) is 32.1 Å². The van der Waals surface area contributed by atoms with Gasteiger partial charge in [0.1, 0.15) is 21.8 Å². The number of carbonyl (C=O) groups is 1. The molecule has 0 aromatic carbocycles. The molecule has 1 atom stereocenters. The van der Waals surface area contributed by atoms with E-state index < -0.39 is 31.2 Å². The summed E-state index contributed by atoms with van der Waals surface area (Å²) in [5.41, 5.74) is 0.154. The molecule has 1 aromatic rings. The summed E-state index contributed by atoms with van der Waals surface area (Å²) in [6, 6.07) is 1.73. The highest BCUT2D eigenvalue weighted by Crippen LogP contribution is 2.50. The van der Waals surface area contributed by atoms with Crippen LogP contribution in [0.5, 0.6) is 0 Å². The minimum Gasteiger partial charge on any atom is -0.381 e. The Kier molecular flexibility index (Phi) is 6.09. The molecule has 3 fully saturated rings. The van der Waals surface area contributed by atoms with Crippen LogP contribution in [0.4, 0.5) is 0 Å². The third kappa shape index (κ3) is 4.22. The fourth-order valence-electron chi connectivity index (χ4n) is 4.15. The van der Waals surface area contributed by atoms with Gasteiger partial charge in [-0.1, -0.05) is 5.16 Å². The number of hydrogen-bond donors (Lipinski definition) is 0. The van der Waals surface area contributed by atoms with Gasteiger partial charge in [-0.2, -0.15) is 0 Å². The van der Waals surface area contributed by atoms with E-state index in [1.807, 2.05) is 0 Å². The molecule has 0 radical (unpaired) electrons. The number of hydrogen-bond acceptors (Lipinski definition) is 8. The zero-order valence-corrected chi connectivity index (χ0v) is 18.5. The third-order valence-electron chi connectivity index (χ3n) is 6.55. The van der Waals surface area contributed by atoms with Crippen molar-refractivity contribution >= 4 is 15.6 Å². The largest absolute Gasteiger partial charge is 0.381 e. The molecule has 1 aromatic heterocycles. The molecule has 3 aliphatic rings. The van der Waals surface area contributed by atoms with E-state index in [1.54, 1.807) is 6.07 Å². The topological polar surface area (TPSA) is 105 Å². The van der Waals surface area contributed by atoms with Gasteiger partial charge in [0.05, 0.1) is 11.7 Å². The lowest BCUT2D eigenvalue weighted by Crippen LogP contribution is -2.48. The number of ether oxygens (including phenoxy) is 3. The van der Waals surface area contributed by atoms with Crippen LogP contribution in [-0.2, 0) is 40.9 Å². The Bertz CT molecular complexity index is 860. The molecule has 0 N–H and O–H groups in total. The zero-order chi connectivity index (χ0) is 21.4. The molecule has 8 nitrogen and oxygen atoms in total. The first kappa shape index (κ1) is 21.9. The Morgan fingerprint density at radius 1 is 1.20 bits per heavy atom. The molecule has 4 rings (SSSR count). The van der Waals surface area contributed by atoms with Crippen LogP contribution >= 0.6 is 0 Å². The number of sulfone groups is 1. The van der Waals surface area contributed by atoms with Gasteiger partial charge in [-0.05, 0) is 58.8 Å². The van der Waals surface area contributed by atoms with Crippen molar-refractivity contribution in [2.75, 3.05) is 19.8 Å². The van der Waals surface area contributed by atoms with Gasteiger partial charge in [0, 0.05) is 25.9 Å². The average Bonchev–Trinajstić information content (AvgIpc) is 3.36. The highest BCUT2D eigenvalue weighted by molar-refractivity contribution is 7.94. The first-order valence-corrected chi connectivity index (χ1v) is 12.4. The van der Waals surface area contributed by atoms with Crippen molar-refractivity contribution in [2.45, 2.75) is 87.1 Å². The van der Waals surface area contributed by atoms with Gasteiger partial charge in [-0.3, -0.25) is 4.79 Å². The quantitative estimate of drug-likeness (QED) is 0.606. The predicted molar refractivity (Wildman–Crippen MR) is 108 cm³/mol. The maximum atomic E-state index is 13.1. The van der Waals surface area contributed by atoms with E-state index in [9.17, 15) is 13.2 Å². The number of aromatic nitrogens is 1. The molecule has 1 unspecified atom stereocenters. The van der Waals surface area contributed by atoms with Crippen molar-refractivity contribution in [3.8, 4) is 0 Å². The number of nitrogens with zero attached hydrogens (tertiary/aromatic N) is 1. The first-order valence-electron chi connectivity index (χ1n) is 10.8. The second-order valence-electron chi connectivity index (χ2n) is 9.05. The summed E-state index contributed by atoms with van der Waals surface area (Å²) in [7, 11) is -3.64. The van der Waals surface area contributed by atoms with Crippen LogP contribution in [0.1, 0.15) is 70.2 Å². The predicted octanol–water partition coefficient (Wildman–Crippen LogP) is 2.69. The Hall–Kier alpha value is -1.29. The fourth-order valence-corrected chi connectivity index (χ4v) is 6.18. The molecule has 0 bridgehead atoms. The SMILES string of the molecule is CC(C)(C(=O)Cc1cc(C2(OC3CCCCO3)CC2)no1)S(=O)(=O)C1CCOCC1. The number of ketones is 1. The molecule has 2 aliphatic heterocycles. The minimum atomic E-state index is -3.64. The highest BCUT2D eigenvalue weighted by atomic mass is 32.2. The van der Waals surface area contributed by atoms with E-state index in [4.69, 9.17) is 18.7 Å². The van der Waals surface area contributed by atoms with E-state index in [1.165, 1.54) is 13.8 Å². The molecular formula is C21H31NO7S. The van der Waals surface area contributed by atoms with E-state index in [-0.39, 0.29) is 12.7 Å². The lowest BCUT2D eigenvalue weighted by Gasteiger charge is -2.30. The Morgan fingerprint density at radius 2 is 1.93 bits per heavy atom. The first-order chi connectivity index (χ1) is 14.2. The second kappa shape index (κ2) is 8.33. The summed E-state index contributed by atoms with van der Waals surface area (Å²) in [4.78, 5) is 13.0. The van der Waals surface area contributed by atoms with Crippen molar-refractivity contribution in [2.24, 2.45) is 0 Å². The smallest absolute Gasteiger partial charge is 0.165 e. The van der Waals surface area contributed by atoms with E-state index >= 15 is 0 Å². The van der Waals surface area contributed by atoms with Crippen molar-refractivity contribution < 1.29 is 31.9 Å². The lowest BCUT2D eigenvalue weighted by molar-refractivity contribution is -0.201. The standard InChI is InChI=1S/C21H31NO7S/c1-20(2,30(24,25)16-6-11-26-12-7-16)18(23)14-15-13-17(22-29-15)21(8-9-21)28-19-5-3-4-10-27-19/h13,16,19H,3-12,14H2,1-2H3. The van der Waals surface area contributed by atoms with Crippen molar-refractivity contribution in [3.63, 3.8) is 0 Å². The van der Waals surface area contributed by atoms with Crippen LogP contribution in [0.25, 0.3) is 0 Å². The number of rotatable bonds is 8. The molecule has 2 saturated heterocycles. The molecule has 168 valence electrons. The van der Waals surface area contributed by atoms with Crippen LogP contribution in [-0.4, -0.2) is 55.5 Å². The van der Waals surface area contributed by atoms with E-state index in [0.29, 0.717) is 44.1 Å². The Balaban J connectivity index is 1.42. The molecule has 3 heterocycles. The van der Waals surface area contributed by atoms with Crippen molar-refractivity contribution in [1.29, 1.82) is 0 Å². The summed E-state index contributed by atoms with van der Waals surface area (Å²) in [5.74, 6) is -0.0252. The van der Waals surface area contributed by atoms with Gasteiger partial charge in [-0.25, -0.2) is 8.42 Å². The summed E-state index contributed by atoms with van der Waals surface area (Å²) in [5, 5.41) is 3.58. The molecule has 30 heavy (non-hydrogen) atoms. The second-order valence-corrected chi connectivity index (χ2v) is 11.8. The maximum Gasteiger partial charge on any atom is 0.165 e. The summed E-state index contributed by atoms with van der Waals surface area (Å²) >= 11 is 0. The van der Waals surface area contributed by atoms with Crippen LogP contribution in [0.15, 0.2) is 10.6 Å². The van der Waals surface area contributed by atoms with Crippen LogP contribution < -0.4 is 0 Å². The fraction of sp³-hybridized carbons (Fsp3) is 0.810. The van der Waals surface area contributed by atoms with Crippen molar-refractivity contribution in [3.05, 3.63) is 17.5 Å². The van der Waals surface area contributed by atoms with Gasteiger partial charge in [0.2, 0.25) is 0 Å². The number of Topliss-reactive ketones (excluding diaryl/α,β-unsaturated/α-hetero) is 1. The molecule has 9 heteroatoms. The molecular weight excluding hydrogens is 410 g/mol. The maximum absolute atomic E-state index is 13.1. The molecule has 1 saturated carbocycles. The molecule has 0 spiro atoms. The normalized spacial score (nSPS) is 25.2. The summed E-state index contributed by atoms with van der Waals surface area (Å²) in [6.45, 7) is 4.50. The van der Waals surface area contributed by atoms with Crippen molar-refractivity contribution in [1.82, 2.24) is 5.16 Å². The molecule has 0 amide bonds.